The van der Waals surface area contributed by atoms with Crippen molar-refractivity contribution in [2.45, 2.75) is 44.5 Å². The molecule has 0 aliphatic heterocycles. The van der Waals surface area contributed by atoms with Crippen LogP contribution in [0.25, 0.3) is 0 Å². The van der Waals surface area contributed by atoms with E-state index in [1.165, 1.54) is 0 Å². The van der Waals surface area contributed by atoms with Crippen LogP contribution >= 0.6 is 0 Å². The van der Waals surface area contributed by atoms with Gasteiger partial charge in [0.25, 0.3) is 5.91 Å². The molecular weight excluding hydrogens is 445 g/mol. The summed E-state index contributed by atoms with van der Waals surface area (Å²) in [6, 6.07) is 1.40. The van der Waals surface area contributed by atoms with E-state index in [4.69, 9.17) is 0 Å². The van der Waals surface area contributed by atoms with Gasteiger partial charge in [-0.1, -0.05) is 19.3 Å². The highest BCUT2D eigenvalue weighted by atomic mass is 19.4. The maximum Gasteiger partial charge on any atom is 0.434 e. The monoisotopic (exact) mass is 464 g/mol. The van der Waals surface area contributed by atoms with Gasteiger partial charge in [-0.05, 0) is 37.0 Å². The summed E-state index contributed by atoms with van der Waals surface area (Å²) < 4.78 is 92.5. The van der Waals surface area contributed by atoms with E-state index in [1.54, 1.807) is 0 Å². The lowest BCUT2D eigenvalue weighted by atomic mass is 9.89. The Hall–Kier alpha value is -2.92. The number of rotatable bonds is 5. The minimum absolute atomic E-state index is 0.180. The van der Waals surface area contributed by atoms with E-state index in [0.717, 1.165) is 32.1 Å². The van der Waals surface area contributed by atoms with E-state index in [1.807, 2.05) is 0 Å². The van der Waals surface area contributed by atoms with Crippen molar-refractivity contribution in [2.24, 2.45) is 5.92 Å². The van der Waals surface area contributed by atoms with Crippen molar-refractivity contribution in [1.82, 2.24) is 15.3 Å². The van der Waals surface area contributed by atoms with E-state index in [-0.39, 0.29) is 18.5 Å². The van der Waals surface area contributed by atoms with Gasteiger partial charge in [-0.2, -0.15) is 26.3 Å². The number of hydrogen-bond acceptors (Lipinski definition) is 4. The first kappa shape index (κ1) is 23.7. The first-order valence-corrected chi connectivity index (χ1v) is 9.81. The largest absolute Gasteiger partial charge is 0.434 e. The van der Waals surface area contributed by atoms with Gasteiger partial charge in [-0.25, -0.2) is 14.4 Å². The molecule has 1 amide bonds. The average molecular weight is 464 g/mol. The third kappa shape index (κ3) is 6.07. The molecule has 1 aromatic heterocycles. The number of benzene rings is 1. The van der Waals surface area contributed by atoms with Crippen molar-refractivity contribution in [1.29, 1.82) is 0 Å². The van der Waals surface area contributed by atoms with Crippen LogP contribution in [0, 0.1) is 11.7 Å². The lowest BCUT2D eigenvalue weighted by Gasteiger charge is -2.22. The van der Waals surface area contributed by atoms with Gasteiger partial charge in [-0.3, -0.25) is 4.79 Å². The summed E-state index contributed by atoms with van der Waals surface area (Å²) in [5, 5.41) is 4.59. The highest BCUT2D eigenvalue weighted by molar-refractivity contribution is 5.95. The van der Waals surface area contributed by atoms with Crippen molar-refractivity contribution in [3.8, 4) is 0 Å². The second kappa shape index (κ2) is 9.29. The zero-order chi connectivity index (χ0) is 23.5. The minimum Gasteiger partial charge on any atom is -0.352 e. The number of carbonyl (C=O) groups is 1. The lowest BCUT2D eigenvalue weighted by Crippen LogP contribution is -2.32. The normalized spacial score (nSPS) is 15.5. The van der Waals surface area contributed by atoms with Gasteiger partial charge in [0.1, 0.15) is 5.82 Å². The van der Waals surface area contributed by atoms with Gasteiger partial charge in [0.15, 0.2) is 5.69 Å². The Morgan fingerprint density at radius 1 is 1.00 bits per heavy atom. The summed E-state index contributed by atoms with van der Waals surface area (Å²) in [7, 11) is 0. The van der Waals surface area contributed by atoms with E-state index in [0.29, 0.717) is 18.3 Å². The van der Waals surface area contributed by atoms with Crippen molar-refractivity contribution in [2.75, 3.05) is 11.9 Å². The number of aromatic nitrogens is 2. The molecule has 0 radical (unpaired) electrons. The molecule has 1 aliphatic carbocycles. The molecule has 32 heavy (non-hydrogen) atoms. The maximum absolute atomic E-state index is 13.5. The first-order chi connectivity index (χ1) is 14.9. The van der Waals surface area contributed by atoms with Gasteiger partial charge >= 0.3 is 12.4 Å². The molecule has 1 fully saturated rings. The van der Waals surface area contributed by atoms with Gasteiger partial charge in [0, 0.05) is 18.4 Å². The topological polar surface area (TPSA) is 66.9 Å². The summed E-state index contributed by atoms with van der Waals surface area (Å²) in [5.74, 6) is -2.81. The van der Waals surface area contributed by atoms with Crippen LogP contribution in [0.15, 0.2) is 24.4 Å². The molecule has 1 heterocycles. The second-order valence-electron chi connectivity index (χ2n) is 7.52. The molecule has 2 aromatic rings. The molecule has 1 aliphatic rings. The van der Waals surface area contributed by atoms with Crippen LogP contribution < -0.4 is 10.6 Å². The summed E-state index contributed by atoms with van der Waals surface area (Å²) in [5.41, 5.74) is -4.20. The number of hydrogen-bond donors (Lipinski definition) is 2. The molecule has 0 bridgehead atoms. The molecule has 1 aromatic carbocycles. The second-order valence-corrected chi connectivity index (χ2v) is 7.52. The van der Waals surface area contributed by atoms with Crippen LogP contribution in [-0.2, 0) is 12.4 Å². The van der Waals surface area contributed by atoms with Crippen molar-refractivity contribution >= 4 is 17.5 Å². The smallest absolute Gasteiger partial charge is 0.352 e. The minimum atomic E-state index is -5.03. The fourth-order valence-corrected chi connectivity index (χ4v) is 3.50. The van der Waals surface area contributed by atoms with E-state index in [2.05, 4.69) is 20.6 Å². The number of nitrogens with one attached hydrogen (secondary N) is 2. The Labute approximate surface area is 178 Å². The lowest BCUT2D eigenvalue weighted by molar-refractivity contribution is -0.141. The number of halogens is 7. The number of anilines is 2. The van der Waals surface area contributed by atoms with E-state index < -0.39 is 52.5 Å². The molecule has 12 heteroatoms. The third-order valence-corrected chi connectivity index (χ3v) is 5.06. The number of carbonyl (C=O) groups excluding carboxylic acids is 1. The maximum atomic E-state index is 13.5. The van der Waals surface area contributed by atoms with Crippen molar-refractivity contribution in [3.05, 3.63) is 47.0 Å². The van der Waals surface area contributed by atoms with Gasteiger partial charge < -0.3 is 10.6 Å². The zero-order valence-electron chi connectivity index (χ0n) is 16.6. The Balaban J connectivity index is 1.82. The average Bonchev–Trinajstić information content (AvgIpc) is 2.71. The molecular formula is C20H19F7N4O. The summed E-state index contributed by atoms with van der Waals surface area (Å²) in [6.45, 7) is 0.222. The summed E-state index contributed by atoms with van der Waals surface area (Å²) in [6.07, 6.45) is -4.44. The molecule has 0 saturated heterocycles. The predicted octanol–water partition coefficient (Wildman–Crippen LogP) is 5.71. The van der Waals surface area contributed by atoms with Gasteiger partial charge in [0.2, 0.25) is 5.95 Å². The Morgan fingerprint density at radius 2 is 1.69 bits per heavy atom. The number of nitrogens with zero attached hydrogens (tertiary/aromatic N) is 2. The highest BCUT2D eigenvalue weighted by Gasteiger charge is 2.38. The molecule has 5 nitrogen and oxygen atoms in total. The van der Waals surface area contributed by atoms with Gasteiger partial charge in [-0.15, -0.1) is 0 Å². The van der Waals surface area contributed by atoms with E-state index in [9.17, 15) is 35.5 Å². The van der Waals surface area contributed by atoms with Crippen LogP contribution in [0.2, 0.25) is 0 Å². The Morgan fingerprint density at radius 3 is 2.31 bits per heavy atom. The fraction of sp³-hybridized carbons (Fsp3) is 0.450. The highest BCUT2D eigenvalue weighted by Crippen LogP contribution is 2.34. The fourth-order valence-electron chi connectivity index (χ4n) is 3.50. The molecule has 0 spiro atoms. The molecule has 3 rings (SSSR count). The van der Waals surface area contributed by atoms with E-state index >= 15 is 0 Å². The summed E-state index contributed by atoms with van der Waals surface area (Å²) in [4.78, 5) is 19.2. The molecule has 0 unspecified atom stereocenters. The molecule has 1 saturated carbocycles. The van der Waals surface area contributed by atoms with Gasteiger partial charge in [0.05, 0.1) is 11.1 Å². The van der Waals surface area contributed by atoms with Crippen LogP contribution in [0.5, 0.6) is 0 Å². The quantitative estimate of drug-likeness (QED) is 0.557. The molecule has 174 valence electrons. The standard InChI is InChI=1S/C20H19F7N4O/c21-13-6-12(19(22,23)24)7-14(8-13)30-18-29-10-15(16(31-18)20(25,26)27)17(32)28-9-11-4-2-1-3-5-11/h6-8,10-11H,1-5,9H2,(H,28,32)(H,29,30,31). The zero-order valence-corrected chi connectivity index (χ0v) is 16.6. The van der Waals surface area contributed by atoms with Crippen LogP contribution in [0.4, 0.5) is 42.4 Å². The third-order valence-electron chi connectivity index (χ3n) is 5.06. The number of alkyl halides is 6. The van der Waals surface area contributed by atoms with Crippen molar-refractivity contribution < 1.29 is 35.5 Å². The Bertz CT molecular complexity index is 969. The SMILES string of the molecule is O=C(NCC1CCCCC1)c1cnc(Nc2cc(F)cc(C(F)(F)F)c2)nc1C(F)(F)F. The predicted molar refractivity (Wildman–Crippen MR) is 101 cm³/mol. The number of amides is 1. The first-order valence-electron chi connectivity index (χ1n) is 9.81. The van der Waals surface area contributed by atoms with Crippen molar-refractivity contribution in [3.63, 3.8) is 0 Å². The molecule has 2 N–H and O–H groups in total. The van der Waals surface area contributed by atoms with Crippen LogP contribution in [0.3, 0.4) is 0 Å². The van der Waals surface area contributed by atoms with Crippen LogP contribution in [-0.4, -0.2) is 22.4 Å². The summed E-state index contributed by atoms with van der Waals surface area (Å²) >= 11 is 0. The Kier molecular flexibility index (Phi) is 6.89. The molecule has 0 atom stereocenters. The van der Waals surface area contributed by atoms with Crippen LogP contribution in [0.1, 0.15) is 53.7 Å².